The Hall–Kier alpha value is -3.19. The summed E-state index contributed by atoms with van der Waals surface area (Å²) >= 11 is 5.66. The molecule has 1 aliphatic rings. The maximum Gasteiger partial charge on any atom is 0.335 e. The standard InChI is InChI=1S/C24H25N3O3S/c1-14(2)13-27-22(21(26-24(27)31)18-6-4-5-11-25-18)20-10-9-19(30-20)17-8-7-16(23(28)29)12-15(17)3/h4-12,14,21-22H,13H2,1-3H3,(H,26,31)(H,28,29)/t21-,22-/m0/s1. The number of pyridine rings is 1. The molecule has 31 heavy (non-hydrogen) atoms. The van der Waals surface area contributed by atoms with Gasteiger partial charge in [-0.25, -0.2) is 4.79 Å². The number of thiocarbonyl (C=S) groups is 1. The van der Waals surface area contributed by atoms with Gasteiger partial charge in [-0.15, -0.1) is 0 Å². The highest BCUT2D eigenvalue weighted by atomic mass is 32.1. The van der Waals surface area contributed by atoms with Crippen LogP contribution in [0.15, 0.2) is 59.1 Å². The van der Waals surface area contributed by atoms with E-state index in [9.17, 15) is 9.90 Å². The Balaban J connectivity index is 1.73. The first-order valence-corrected chi connectivity index (χ1v) is 10.7. The lowest BCUT2D eigenvalue weighted by Crippen LogP contribution is -2.32. The third-order valence-electron chi connectivity index (χ3n) is 5.42. The fourth-order valence-electron chi connectivity index (χ4n) is 4.03. The summed E-state index contributed by atoms with van der Waals surface area (Å²) < 4.78 is 6.33. The van der Waals surface area contributed by atoms with Crippen LogP contribution in [0.4, 0.5) is 0 Å². The van der Waals surface area contributed by atoms with Gasteiger partial charge in [0.15, 0.2) is 5.11 Å². The topological polar surface area (TPSA) is 78.6 Å². The van der Waals surface area contributed by atoms with Gasteiger partial charge in [0.2, 0.25) is 0 Å². The van der Waals surface area contributed by atoms with Gasteiger partial charge < -0.3 is 19.7 Å². The number of carboxylic acids is 1. The van der Waals surface area contributed by atoms with Crippen molar-refractivity contribution in [3.05, 3.63) is 77.3 Å². The molecule has 2 N–H and O–H groups in total. The molecule has 6 nitrogen and oxygen atoms in total. The van der Waals surface area contributed by atoms with Crippen LogP contribution in [-0.2, 0) is 0 Å². The molecule has 1 fully saturated rings. The summed E-state index contributed by atoms with van der Waals surface area (Å²) in [5.41, 5.74) is 2.88. The van der Waals surface area contributed by atoms with E-state index in [1.165, 1.54) is 0 Å². The summed E-state index contributed by atoms with van der Waals surface area (Å²) in [6.45, 7) is 7.00. The minimum absolute atomic E-state index is 0.123. The van der Waals surface area contributed by atoms with E-state index in [0.29, 0.717) is 16.8 Å². The predicted molar refractivity (Wildman–Crippen MR) is 123 cm³/mol. The van der Waals surface area contributed by atoms with Crippen molar-refractivity contribution in [3.8, 4) is 11.3 Å². The minimum atomic E-state index is -0.942. The summed E-state index contributed by atoms with van der Waals surface area (Å²) in [4.78, 5) is 18.0. The molecule has 0 unspecified atom stereocenters. The maximum atomic E-state index is 11.3. The Morgan fingerprint density at radius 1 is 1.26 bits per heavy atom. The van der Waals surface area contributed by atoms with Gasteiger partial charge in [-0.05, 0) is 67.0 Å². The van der Waals surface area contributed by atoms with Crippen molar-refractivity contribution >= 4 is 23.3 Å². The second-order valence-corrected chi connectivity index (χ2v) is 8.60. The SMILES string of the molecule is Cc1cc(C(=O)O)ccc1-c1ccc([C@H]2[C@H](c3ccccn3)NC(=S)N2CC(C)C)o1. The third-order valence-corrected chi connectivity index (χ3v) is 5.77. The molecule has 1 saturated heterocycles. The van der Waals surface area contributed by atoms with Crippen LogP contribution >= 0.6 is 12.2 Å². The van der Waals surface area contributed by atoms with Crippen molar-refractivity contribution in [1.29, 1.82) is 0 Å². The average molecular weight is 436 g/mol. The van der Waals surface area contributed by atoms with Crippen LogP contribution in [0.1, 0.15) is 53.3 Å². The molecule has 4 rings (SSSR count). The van der Waals surface area contributed by atoms with Gasteiger partial charge in [0, 0.05) is 18.3 Å². The molecule has 0 radical (unpaired) electrons. The zero-order valence-corrected chi connectivity index (χ0v) is 18.5. The van der Waals surface area contributed by atoms with E-state index < -0.39 is 5.97 Å². The Morgan fingerprint density at radius 2 is 2.06 bits per heavy atom. The van der Waals surface area contributed by atoms with Crippen LogP contribution in [0.25, 0.3) is 11.3 Å². The van der Waals surface area contributed by atoms with Gasteiger partial charge in [-0.3, -0.25) is 4.98 Å². The Labute approximate surface area is 186 Å². The smallest absolute Gasteiger partial charge is 0.335 e. The highest BCUT2D eigenvalue weighted by molar-refractivity contribution is 7.80. The van der Waals surface area contributed by atoms with E-state index in [2.05, 4.69) is 29.0 Å². The number of nitrogens with zero attached hydrogens (tertiary/aromatic N) is 2. The summed E-state index contributed by atoms with van der Waals surface area (Å²) in [7, 11) is 0. The van der Waals surface area contributed by atoms with Crippen LogP contribution in [0.2, 0.25) is 0 Å². The summed E-state index contributed by atoms with van der Waals surface area (Å²) in [5, 5.41) is 13.3. The molecule has 7 heteroatoms. The highest BCUT2D eigenvalue weighted by Crippen LogP contribution is 2.41. The van der Waals surface area contributed by atoms with Gasteiger partial charge in [0.05, 0.1) is 17.3 Å². The number of carboxylic acid groups (broad SMARTS) is 1. The molecule has 160 valence electrons. The second-order valence-electron chi connectivity index (χ2n) is 8.21. The monoisotopic (exact) mass is 435 g/mol. The van der Waals surface area contributed by atoms with E-state index >= 15 is 0 Å². The van der Waals surface area contributed by atoms with Crippen LogP contribution < -0.4 is 5.32 Å². The highest BCUT2D eigenvalue weighted by Gasteiger charge is 2.41. The number of hydrogen-bond acceptors (Lipinski definition) is 4. The van der Waals surface area contributed by atoms with Gasteiger partial charge in [-0.1, -0.05) is 26.0 Å². The minimum Gasteiger partial charge on any atom is -0.478 e. The van der Waals surface area contributed by atoms with Gasteiger partial charge in [0.25, 0.3) is 0 Å². The number of nitrogens with one attached hydrogen (secondary N) is 1. The molecule has 1 aliphatic heterocycles. The lowest BCUT2D eigenvalue weighted by atomic mass is 10.0. The van der Waals surface area contributed by atoms with Crippen molar-refractivity contribution in [1.82, 2.24) is 15.2 Å². The quantitative estimate of drug-likeness (QED) is 0.529. The Bertz CT molecular complexity index is 1110. The first kappa shape index (κ1) is 21.1. The maximum absolute atomic E-state index is 11.3. The number of aromatic carboxylic acids is 1. The fraction of sp³-hybridized carbons (Fsp3) is 0.292. The number of carbonyl (C=O) groups is 1. The molecular formula is C24H25N3O3S. The third kappa shape index (κ3) is 4.18. The van der Waals surface area contributed by atoms with Crippen molar-refractivity contribution in [2.75, 3.05) is 6.54 Å². The number of benzene rings is 1. The van der Waals surface area contributed by atoms with Crippen molar-refractivity contribution in [2.24, 2.45) is 5.92 Å². The van der Waals surface area contributed by atoms with Crippen molar-refractivity contribution < 1.29 is 14.3 Å². The van der Waals surface area contributed by atoms with Gasteiger partial charge >= 0.3 is 5.97 Å². The molecule has 0 bridgehead atoms. The van der Waals surface area contributed by atoms with E-state index in [0.717, 1.165) is 29.1 Å². The van der Waals surface area contributed by atoms with E-state index in [-0.39, 0.29) is 17.6 Å². The van der Waals surface area contributed by atoms with Gasteiger partial charge in [0.1, 0.15) is 17.6 Å². The summed E-state index contributed by atoms with van der Waals surface area (Å²) in [6, 6.07) is 14.6. The fourth-order valence-corrected chi connectivity index (χ4v) is 4.35. The summed E-state index contributed by atoms with van der Waals surface area (Å²) in [5.74, 6) is 0.972. The normalized spacial score (nSPS) is 18.5. The molecule has 0 amide bonds. The average Bonchev–Trinajstić information content (AvgIpc) is 3.33. The molecule has 2 aromatic heterocycles. The largest absolute Gasteiger partial charge is 0.478 e. The lowest BCUT2D eigenvalue weighted by molar-refractivity contribution is 0.0697. The molecule has 3 heterocycles. The molecule has 3 aromatic rings. The van der Waals surface area contributed by atoms with Gasteiger partial charge in [-0.2, -0.15) is 0 Å². The van der Waals surface area contributed by atoms with Crippen molar-refractivity contribution in [2.45, 2.75) is 32.9 Å². The predicted octanol–water partition coefficient (Wildman–Crippen LogP) is 4.98. The Morgan fingerprint density at radius 3 is 2.71 bits per heavy atom. The molecular weight excluding hydrogens is 410 g/mol. The zero-order valence-electron chi connectivity index (χ0n) is 17.7. The molecule has 0 saturated carbocycles. The Kier molecular flexibility index (Phi) is 5.78. The second kappa shape index (κ2) is 8.51. The number of aromatic nitrogens is 1. The number of furan rings is 1. The molecule has 0 spiro atoms. The van der Waals surface area contributed by atoms with E-state index in [1.54, 1.807) is 24.4 Å². The molecule has 2 atom stereocenters. The van der Waals surface area contributed by atoms with Crippen molar-refractivity contribution in [3.63, 3.8) is 0 Å². The lowest BCUT2D eigenvalue weighted by Gasteiger charge is -2.27. The zero-order chi connectivity index (χ0) is 22.1. The van der Waals surface area contributed by atoms with Crippen LogP contribution in [-0.4, -0.2) is 32.6 Å². The van der Waals surface area contributed by atoms with Crippen LogP contribution in [0.3, 0.4) is 0 Å². The van der Waals surface area contributed by atoms with E-state index in [4.69, 9.17) is 16.6 Å². The number of hydrogen-bond donors (Lipinski definition) is 2. The molecule has 0 aliphatic carbocycles. The van der Waals surface area contributed by atoms with Crippen LogP contribution in [0, 0.1) is 12.8 Å². The summed E-state index contributed by atoms with van der Waals surface area (Å²) in [6.07, 6.45) is 1.78. The first-order chi connectivity index (χ1) is 14.8. The number of aryl methyl sites for hydroxylation is 1. The molecule has 1 aromatic carbocycles. The number of rotatable bonds is 6. The van der Waals surface area contributed by atoms with Crippen LogP contribution in [0.5, 0.6) is 0 Å². The first-order valence-electron chi connectivity index (χ1n) is 10.3. The van der Waals surface area contributed by atoms with E-state index in [1.807, 2.05) is 37.3 Å².